The molecule has 0 radical (unpaired) electrons. The molecule has 1 rings (SSSR count). The first-order valence-electron chi connectivity index (χ1n) is 4.71. The molecular weight excluding hydrogens is 182 g/mol. The van der Waals surface area contributed by atoms with Crippen molar-refractivity contribution < 1.29 is 0 Å². The van der Waals surface area contributed by atoms with E-state index in [0.29, 0.717) is 0 Å². The SMILES string of the molecule is CCC(Cl)CNCc1ccccc1. The summed E-state index contributed by atoms with van der Waals surface area (Å²) in [5.74, 6) is 0. The Morgan fingerprint density at radius 2 is 2.00 bits per heavy atom. The highest BCUT2D eigenvalue weighted by atomic mass is 35.5. The third-order valence-electron chi connectivity index (χ3n) is 1.98. The van der Waals surface area contributed by atoms with Crippen LogP contribution < -0.4 is 5.32 Å². The van der Waals surface area contributed by atoms with E-state index in [9.17, 15) is 0 Å². The van der Waals surface area contributed by atoms with Crippen LogP contribution in [0.2, 0.25) is 0 Å². The van der Waals surface area contributed by atoms with Crippen molar-refractivity contribution in [3.8, 4) is 0 Å². The summed E-state index contributed by atoms with van der Waals surface area (Å²) in [5, 5.41) is 3.57. The fraction of sp³-hybridized carbons (Fsp3) is 0.455. The van der Waals surface area contributed by atoms with Gasteiger partial charge in [-0.25, -0.2) is 0 Å². The molecule has 0 saturated heterocycles. The minimum absolute atomic E-state index is 0.253. The average molecular weight is 198 g/mol. The minimum atomic E-state index is 0.253. The van der Waals surface area contributed by atoms with Gasteiger partial charge in [0.2, 0.25) is 0 Å². The molecule has 2 heteroatoms. The van der Waals surface area contributed by atoms with Gasteiger partial charge in [-0.05, 0) is 12.0 Å². The molecule has 1 nitrogen and oxygen atoms in total. The van der Waals surface area contributed by atoms with Gasteiger partial charge in [0.1, 0.15) is 0 Å². The summed E-state index contributed by atoms with van der Waals surface area (Å²) < 4.78 is 0. The zero-order valence-electron chi connectivity index (χ0n) is 7.96. The largest absolute Gasteiger partial charge is 0.311 e. The molecule has 72 valence electrons. The lowest BCUT2D eigenvalue weighted by atomic mass is 10.2. The van der Waals surface area contributed by atoms with Gasteiger partial charge in [0, 0.05) is 18.5 Å². The predicted octanol–water partition coefficient (Wildman–Crippen LogP) is 2.79. The minimum Gasteiger partial charge on any atom is -0.311 e. The molecule has 1 unspecified atom stereocenters. The molecule has 1 aromatic carbocycles. The lowest BCUT2D eigenvalue weighted by Crippen LogP contribution is -2.22. The van der Waals surface area contributed by atoms with E-state index in [1.165, 1.54) is 5.56 Å². The van der Waals surface area contributed by atoms with Crippen molar-refractivity contribution in [2.45, 2.75) is 25.3 Å². The Hall–Kier alpha value is -0.530. The Balaban J connectivity index is 2.20. The van der Waals surface area contributed by atoms with Crippen LogP contribution in [0.4, 0.5) is 0 Å². The van der Waals surface area contributed by atoms with Crippen LogP contribution in [0.3, 0.4) is 0 Å². The van der Waals surface area contributed by atoms with E-state index in [2.05, 4.69) is 36.5 Å². The monoisotopic (exact) mass is 197 g/mol. The first kappa shape index (κ1) is 10.6. The fourth-order valence-electron chi connectivity index (χ4n) is 1.11. The van der Waals surface area contributed by atoms with Gasteiger partial charge in [-0.2, -0.15) is 0 Å². The number of rotatable bonds is 5. The standard InChI is InChI=1S/C11H16ClN/c1-2-11(12)9-13-8-10-6-4-3-5-7-10/h3-7,11,13H,2,8-9H2,1H3. The molecule has 0 saturated carbocycles. The molecule has 0 heterocycles. The summed E-state index contributed by atoms with van der Waals surface area (Å²) in [6.45, 7) is 3.89. The van der Waals surface area contributed by atoms with Crippen molar-refractivity contribution >= 4 is 11.6 Å². The third-order valence-corrected chi connectivity index (χ3v) is 2.44. The third kappa shape index (κ3) is 4.30. The van der Waals surface area contributed by atoms with Crippen molar-refractivity contribution in [1.82, 2.24) is 5.32 Å². The molecule has 1 N–H and O–H groups in total. The van der Waals surface area contributed by atoms with Crippen LogP contribution in [0.5, 0.6) is 0 Å². The van der Waals surface area contributed by atoms with Gasteiger partial charge in [-0.15, -0.1) is 11.6 Å². The van der Waals surface area contributed by atoms with E-state index in [0.717, 1.165) is 19.5 Å². The van der Waals surface area contributed by atoms with Gasteiger partial charge in [0.15, 0.2) is 0 Å². The van der Waals surface area contributed by atoms with Crippen LogP contribution in [0.15, 0.2) is 30.3 Å². The van der Waals surface area contributed by atoms with E-state index < -0.39 is 0 Å². The molecule has 0 spiro atoms. The molecule has 0 aliphatic rings. The van der Waals surface area contributed by atoms with Crippen LogP contribution in [-0.4, -0.2) is 11.9 Å². The molecule has 0 aromatic heterocycles. The summed E-state index contributed by atoms with van der Waals surface area (Å²) in [7, 11) is 0. The molecule has 0 fully saturated rings. The maximum Gasteiger partial charge on any atom is 0.0458 e. The highest BCUT2D eigenvalue weighted by molar-refractivity contribution is 6.20. The smallest absolute Gasteiger partial charge is 0.0458 e. The van der Waals surface area contributed by atoms with E-state index in [-0.39, 0.29) is 5.38 Å². The molecule has 13 heavy (non-hydrogen) atoms. The number of hydrogen-bond acceptors (Lipinski definition) is 1. The number of alkyl halides is 1. The van der Waals surface area contributed by atoms with Crippen molar-refractivity contribution in [2.75, 3.05) is 6.54 Å². The van der Waals surface area contributed by atoms with Gasteiger partial charge in [0.05, 0.1) is 0 Å². The summed E-state index contributed by atoms with van der Waals surface area (Å²) in [6, 6.07) is 10.4. The summed E-state index contributed by atoms with van der Waals surface area (Å²) in [4.78, 5) is 0. The molecule has 1 atom stereocenters. The summed E-state index contributed by atoms with van der Waals surface area (Å²) >= 11 is 5.97. The van der Waals surface area contributed by atoms with Crippen LogP contribution in [-0.2, 0) is 6.54 Å². The van der Waals surface area contributed by atoms with Gasteiger partial charge >= 0.3 is 0 Å². The van der Waals surface area contributed by atoms with Crippen molar-refractivity contribution in [3.05, 3.63) is 35.9 Å². The second kappa shape index (κ2) is 6.01. The van der Waals surface area contributed by atoms with E-state index in [1.54, 1.807) is 0 Å². The van der Waals surface area contributed by atoms with Gasteiger partial charge < -0.3 is 5.32 Å². The van der Waals surface area contributed by atoms with Gasteiger partial charge in [-0.3, -0.25) is 0 Å². The van der Waals surface area contributed by atoms with Crippen LogP contribution in [0.1, 0.15) is 18.9 Å². The number of hydrogen-bond donors (Lipinski definition) is 1. The van der Waals surface area contributed by atoms with Crippen molar-refractivity contribution in [3.63, 3.8) is 0 Å². The molecule has 0 amide bonds. The second-order valence-electron chi connectivity index (χ2n) is 3.12. The first-order valence-corrected chi connectivity index (χ1v) is 5.15. The molecule has 0 bridgehead atoms. The Kier molecular flexibility index (Phi) is 4.87. The van der Waals surface area contributed by atoms with Crippen molar-refractivity contribution in [1.29, 1.82) is 0 Å². The average Bonchev–Trinajstić information content (AvgIpc) is 2.19. The summed E-state index contributed by atoms with van der Waals surface area (Å²) in [5.41, 5.74) is 1.31. The van der Waals surface area contributed by atoms with Crippen molar-refractivity contribution in [2.24, 2.45) is 0 Å². The predicted molar refractivity (Wildman–Crippen MR) is 58.1 cm³/mol. The lowest BCUT2D eigenvalue weighted by molar-refractivity contribution is 0.647. The topological polar surface area (TPSA) is 12.0 Å². The van der Waals surface area contributed by atoms with Crippen LogP contribution >= 0.6 is 11.6 Å². The van der Waals surface area contributed by atoms with Gasteiger partial charge in [-0.1, -0.05) is 37.3 Å². The van der Waals surface area contributed by atoms with E-state index in [4.69, 9.17) is 11.6 Å². The zero-order valence-corrected chi connectivity index (χ0v) is 8.72. The Morgan fingerprint density at radius 1 is 1.31 bits per heavy atom. The Bertz CT molecular complexity index is 223. The quantitative estimate of drug-likeness (QED) is 0.716. The van der Waals surface area contributed by atoms with E-state index >= 15 is 0 Å². The lowest BCUT2D eigenvalue weighted by Gasteiger charge is -2.07. The Labute approximate surface area is 85.1 Å². The normalized spacial score (nSPS) is 12.8. The number of nitrogens with one attached hydrogen (secondary N) is 1. The maximum atomic E-state index is 5.97. The van der Waals surface area contributed by atoms with Crippen LogP contribution in [0.25, 0.3) is 0 Å². The second-order valence-corrected chi connectivity index (χ2v) is 3.74. The number of benzene rings is 1. The Morgan fingerprint density at radius 3 is 2.62 bits per heavy atom. The molecule has 1 aromatic rings. The first-order chi connectivity index (χ1) is 6.33. The van der Waals surface area contributed by atoms with E-state index in [1.807, 2.05) is 6.07 Å². The molecule has 0 aliphatic heterocycles. The van der Waals surface area contributed by atoms with Crippen LogP contribution in [0, 0.1) is 0 Å². The molecular formula is C11H16ClN. The summed E-state index contributed by atoms with van der Waals surface area (Å²) in [6.07, 6.45) is 1.02. The fourth-order valence-corrected chi connectivity index (χ4v) is 1.22. The zero-order chi connectivity index (χ0) is 9.52. The molecule has 0 aliphatic carbocycles. The number of halogens is 1. The highest BCUT2D eigenvalue weighted by Gasteiger charge is 1.99. The van der Waals surface area contributed by atoms with Gasteiger partial charge in [0.25, 0.3) is 0 Å². The highest BCUT2D eigenvalue weighted by Crippen LogP contribution is 2.00. The maximum absolute atomic E-state index is 5.97.